The van der Waals surface area contributed by atoms with Crippen molar-refractivity contribution in [2.75, 3.05) is 33.7 Å². The zero-order valence-corrected chi connectivity index (χ0v) is 20.2. The van der Waals surface area contributed by atoms with E-state index in [1.807, 2.05) is 32.8 Å². The summed E-state index contributed by atoms with van der Waals surface area (Å²) in [6.07, 6.45) is 0.500. The molecule has 1 aromatic carbocycles. The van der Waals surface area contributed by atoms with Crippen LogP contribution in [0.15, 0.2) is 21.9 Å². The van der Waals surface area contributed by atoms with Crippen molar-refractivity contribution in [3.05, 3.63) is 22.7 Å². The topological polar surface area (TPSA) is 98.8 Å². The van der Waals surface area contributed by atoms with Crippen molar-refractivity contribution < 1.29 is 18.0 Å². The number of halogens is 1. The van der Waals surface area contributed by atoms with Crippen LogP contribution in [0.3, 0.4) is 0 Å². The maximum Gasteiger partial charge on any atom is 0.331 e. The number of sulfonamides is 1. The fraction of sp³-hybridized carbons (Fsp3) is 0.579. The maximum atomic E-state index is 13.2. The van der Waals surface area contributed by atoms with Crippen LogP contribution >= 0.6 is 23.4 Å². The molecule has 0 aliphatic carbocycles. The molecule has 1 saturated heterocycles. The summed E-state index contributed by atoms with van der Waals surface area (Å²) in [7, 11) is -0.222. The van der Waals surface area contributed by atoms with Gasteiger partial charge in [0.15, 0.2) is 0 Å². The van der Waals surface area contributed by atoms with E-state index in [1.54, 1.807) is 13.0 Å². The zero-order valence-electron chi connectivity index (χ0n) is 17.9. The predicted octanol–water partition coefficient (Wildman–Crippen LogP) is 2.30. The Hall–Kier alpha value is -1.49. The average molecular weight is 477 g/mol. The van der Waals surface area contributed by atoms with Crippen molar-refractivity contribution in [2.45, 2.75) is 48.3 Å². The van der Waals surface area contributed by atoms with Crippen LogP contribution in [0.4, 0.5) is 4.79 Å². The van der Waals surface area contributed by atoms with Gasteiger partial charge >= 0.3 is 6.03 Å². The van der Waals surface area contributed by atoms with E-state index in [4.69, 9.17) is 11.6 Å². The van der Waals surface area contributed by atoms with Gasteiger partial charge in [0.2, 0.25) is 5.91 Å². The Kier molecular flexibility index (Phi) is 8.43. The van der Waals surface area contributed by atoms with E-state index in [2.05, 4.69) is 10.6 Å². The van der Waals surface area contributed by atoms with E-state index in [-0.39, 0.29) is 29.9 Å². The lowest BCUT2D eigenvalue weighted by molar-refractivity contribution is -0.121. The monoisotopic (exact) mass is 476 g/mol. The number of hydrogen-bond donors (Lipinski definition) is 2. The van der Waals surface area contributed by atoms with Crippen molar-refractivity contribution in [1.29, 1.82) is 0 Å². The molecule has 168 valence electrons. The fourth-order valence-corrected chi connectivity index (χ4v) is 6.33. The number of benzene rings is 1. The summed E-state index contributed by atoms with van der Waals surface area (Å²) >= 11 is 7.41. The smallest absolute Gasteiger partial charge is 0.331 e. The van der Waals surface area contributed by atoms with Gasteiger partial charge < -0.3 is 15.5 Å². The molecule has 0 saturated carbocycles. The third-order valence-electron chi connectivity index (χ3n) is 4.57. The highest BCUT2D eigenvalue weighted by Gasteiger charge is 2.35. The molecule has 0 bridgehead atoms. The summed E-state index contributed by atoms with van der Waals surface area (Å²) in [5.41, 5.74) is 0.580. The number of aryl methyl sites for hydroxylation is 1. The lowest BCUT2D eigenvalue weighted by Crippen LogP contribution is -2.43. The van der Waals surface area contributed by atoms with Crippen LogP contribution < -0.4 is 10.6 Å². The molecule has 11 heteroatoms. The first-order valence-electron chi connectivity index (χ1n) is 9.69. The molecule has 30 heavy (non-hydrogen) atoms. The average Bonchev–Trinajstić information content (AvgIpc) is 3.08. The number of hydrogen-bond acceptors (Lipinski definition) is 6. The Morgan fingerprint density at radius 3 is 2.60 bits per heavy atom. The molecule has 2 N–H and O–H groups in total. The second-order valence-corrected chi connectivity index (χ2v) is 11.0. The third kappa shape index (κ3) is 5.81. The molecule has 2 unspecified atom stereocenters. The van der Waals surface area contributed by atoms with Gasteiger partial charge in [-0.3, -0.25) is 4.79 Å². The van der Waals surface area contributed by atoms with Gasteiger partial charge in [0, 0.05) is 29.0 Å². The molecule has 0 radical (unpaired) electrons. The summed E-state index contributed by atoms with van der Waals surface area (Å²) in [5, 5.41) is 5.37. The number of carbonyl (C=O) groups excluding carboxylic acids is 2. The van der Waals surface area contributed by atoms with Crippen LogP contribution in [0.2, 0.25) is 5.02 Å². The van der Waals surface area contributed by atoms with Crippen LogP contribution in [0.25, 0.3) is 0 Å². The Morgan fingerprint density at radius 2 is 2.07 bits per heavy atom. The second kappa shape index (κ2) is 10.2. The first-order chi connectivity index (χ1) is 14.0. The Bertz CT molecular complexity index is 908. The standard InChI is InChI=1S/C19H29ClN4O4S2/c1-6-15(18(25)22-13(3)11-23(4)5)29-16-10-14(20)12(2)9-17(16)30(27,28)24-8-7-21-19(24)26/h9-10,13,15H,6-8,11H2,1-5H3,(H,21,26)(H,22,25). The van der Waals surface area contributed by atoms with Gasteiger partial charge in [-0.15, -0.1) is 11.8 Å². The van der Waals surface area contributed by atoms with E-state index in [0.717, 1.165) is 16.1 Å². The SMILES string of the molecule is CCC(Sc1cc(Cl)c(C)cc1S(=O)(=O)N1CCNC1=O)C(=O)NC(C)CN(C)C. The minimum Gasteiger partial charge on any atom is -0.351 e. The van der Waals surface area contributed by atoms with Crippen LogP contribution in [0, 0.1) is 6.92 Å². The van der Waals surface area contributed by atoms with Gasteiger partial charge in [-0.1, -0.05) is 18.5 Å². The van der Waals surface area contributed by atoms with E-state index < -0.39 is 21.3 Å². The molecule has 1 aromatic rings. The minimum absolute atomic E-state index is 0.0148. The van der Waals surface area contributed by atoms with Gasteiger partial charge in [-0.25, -0.2) is 17.5 Å². The number of urea groups is 1. The van der Waals surface area contributed by atoms with Crippen molar-refractivity contribution in [2.24, 2.45) is 0 Å². The van der Waals surface area contributed by atoms with Crippen LogP contribution in [-0.2, 0) is 14.8 Å². The molecule has 8 nitrogen and oxygen atoms in total. The molecular weight excluding hydrogens is 448 g/mol. The van der Waals surface area contributed by atoms with E-state index >= 15 is 0 Å². The van der Waals surface area contributed by atoms with Crippen molar-refractivity contribution in [1.82, 2.24) is 19.8 Å². The first-order valence-corrected chi connectivity index (χ1v) is 12.4. The van der Waals surface area contributed by atoms with E-state index in [0.29, 0.717) is 28.4 Å². The minimum atomic E-state index is -4.07. The van der Waals surface area contributed by atoms with E-state index in [1.165, 1.54) is 6.07 Å². The van der Waals surface area contributed by atoms with Gasteiger partial charge in [0.05, 0.1) is 11.8 Å². The highest BCUT2D eigenvalue weighted by atomic mass is 35.5. The number of amides is 3. The number of thioether (sulfide) groups is 1. The Balaban J connectivity index is 2.35. The van der Waals surface area contributed by atoms with Crippen LogP contribution in [0.5, 0.6) is 0 Å². The van der Waals surface area contributed by atoms with Crippen molar-refractivity contribution in [3.63, 3.8) is 0 Å². The summed E-state index contributed by atoms with van der Waals surface area (Å²) < 4.78 is 27.2. The molecule has 3 amide bonds. The molecule has 2 atom stereocenters. The number of nitrogens with zero attached hydrogens (tertiary/aromatic N) is 2. The van der Waals surface area contributed by atoms with Gasteiger partial charge in [0.1, 0.15) is 4.90 Å². The normalized spacial score (nSPS) is 16.5. The highest BCUT2D eigenvalue weighted by molar-refractivity contribution is 8.01. The number of nitrogens with one attached hydrogen (secondary N) is 2. The van der Waals surface area contributed by atoms with Gasteiger partial charge in [-0.2, -0.15) is 0 Å². The molecule has 0 spiro atoms. The number of likely N-dealkylation sites (N-methyl/N-ethyl adjacent to an activating group) is 1. The van der Waals surface area contributed by atoms with Gasteiger partial charge in [-0.05, 0) is 52.1 Å². The number of carbonyl (C=O) groups is 2. The third-order valence-corrected chi connectivity index (χ3v) is 8.35. The quantitative estimate of drug-likeness (QED) is 0.530. The van der Waals surface area contributed by atoms with Crippen molar-refractivity contribution >= 4 is 45.3 Å². The maximum absolute atomic E-state index is 13.2. The summed E-state index contributed by atoms with van der Waals surface area (Å²) in [6.45, 7) is 6.49. The summed E-state index contributed by atoms with van der Waals surface area (Å²) in [4.78, 5) is 27.1. The van der Waals surface area contributed by atoms with Crippen molar-refractivity contribution in [3.8, 4) is 0 Å². The fourth-order valence-electron chi connectivity index (χ4n) is 3.14. The molecular formula is C19H29ClN4O4S2. The van der Waals surface area contributed by atoms with Gasteiger partial charge in [0.25, 0.3) is 10.0 Å². The molecule has 1 heterocycles. The summed E-state index contributed by atoms with van der Waals surface area (Å²) in [6, 6.07) is 2.31. The largest absolute Gasteiger partial charge is 0.351 e. The number of rotatable bonds is 9. The predicted molar refractivity (Wildman–Crippen MR) is 120 cm³/mol. The lowest BCUT2D eigenvalue weighted by atomic mass is 10.2. The summed E-state index contributed by atoms with van der Waals surface area (Å²) in [5.74, 6) is -0.171. The first kappa shape index (κ1) is 24.8. The molecule has 1 aliphatic rings. The zero-order chi connectivity index (χ0) is 22.6. The lowest BCUT2D eigenvalue weighted by Gasteiger charge is -2.23. The molecule has 1 fully saturated rings. The second-order valence-electron chi connectivity index (χ2n) is 7.54. The highest BCUT2D eigenvalue weighted by Crippen LogP contribution is 2.36. The van der Waals surface area contributed by atoms with Crippen LogP contribution in [0.1, 0.15) is 25.8 Å². The van der Waals surface area contributed by atoms with Crippen LogP contribution in [-0.4, -0.2) is 74.6 Å². The Morgan fingerprint density at radius 1 is 1.40 bits per heavy atom. The van der Waals surface area contributed by atoms with E-state index in [9.17, 15) is 18.0 Å². The molecule has 1 aliphatic heterocycles. The molecule has 2 rings (SSSR count). The molecule has 0 aromatic heterocycles. The Labute approximate surface area is 187 Å².